The number of carbonyl (C=O) groups excluding carboxylic acids is 1. The number of hydrogen-bond acceptors (Lipinski definition) is 4. The average molecular weight is 312 g/mol. The Bertz CT molecular complexity index is 764. The van der Waals surface area contributed by atoms with E-state index in [9.17, 15) is 4.79 Å². The third-order valence-corrected chi connectivity index (χ3v) is 3.87. The fraction of sp³-hybridized carbons (Fsp3) is 0.375. The first-order valence-corrected chi connectivity index (χ1v) is 7.70. The number of hydrogen-bond donors (Lipinski definition) is 0. The van der Waals surface area contributed by atoms with E-state index in [2.05, 4.69) is 19.6 Å². The molecule has 2 heterocycles. The molecule has 0 bridgehead atoms. The zero-order valence-electron chi connectivity index (χ0n) is 13.2. The van der Waals surface area contributed by atoms with Crippen LogP contribution in [0, 0.1) is 0 Å². The smallest absolute Gasteiger partial charge is 0.222 e. The van der Waals surface area contributed by atoms with Crippen molar-refractivity contribution in [3.8, 4) is 0 Å². The van der Waals surface area contributed by atoms with Crippen LogP contribution in [0.3, 0.4) is 0 Å². The lowest BCUT2D eigenvalue weighted by Gasteiger charge is -2.17. The number of imidazole rings is 1. The molecule has 0 fully saturated rings. The van der Waals surface area contributed by atoms with Gasteiger partial charge in [-0.25, -0.2) is 9.97 Å². The number of benzene rings is 1. The lowest BCUT2D eigenvalue weighted by molar-refractivity contribution is -0.130. The van der Waals surface area contributed by atoms with Crippen molar-refractivity contribution in [2.24, 2.45) is 0 Å². The number of likely N-dealkylation sites (N-methyl/N-ethyl adjacent to an activating group) is 1. The van der Waals surface area contributed by atoms with E-state index in [1.165, 1.54) is 6.33 Å². The molecule has 23 heavy (non-hydrogen) atoms. The van der Waals surface area contributed by atoms with Gasteiger partial charge in [-0.2, -0.15) is 5.10 Å². The second-order valence-electron chi connectivity index (χ2n) is 5.50. The van der Waals surface area contributed by atoms with Gasteiger partial charge in [-0.15, -0.1) is 0 Å². The summed E-state index contributed by atoms with van der Waals surface area (Å²) >= 11 is 0. The molecule has 7 nitrogen and oxygen atoms in total. The lowest BCUT2D eigenvalue weighted by atomic mass is 10.3. The standard InChI is InChI=1S/C16H20N6O/c1-20(16(23)7-4-8-22-12-17-11-19-22)9-10-21-13-18-14-5-2-3-6-15(14)21/h2-3,5-6,11-13H,4,7-10H2,1H3. The lowest BCUT2D eigenvalue weighted by Crippen LogP contribution is -2.30. The van der Waals surface area contributed by atoms with Gasteiger partial charge < -0.3 is 9.47 Å². The van der Waals surface area contributed by atoms with Gasteiger partial charge in [0.1, 0.15) is 12.7 Å². The topological polar surface area (TPSA) is 68.8 Å². The molecule has 2 aromatic heterocycles. The fourth-order valence-electron chi connectivity index (χ4n) is 2.50. The van der Waals surface area contributed by atoms with Gasteiger partial charge in [-0.05, 0) is 18.6 Å². The number of nitrogens with zero attached hydrogens (tertiary/aromatic N) is 6. The SMILES string of the molecule is CN(CCn1cnc2ccccc21)C(=O)CCCn1cncn1. The first-order chi connectivity index (χ1) is 11.2. The van der Waals surface area contributed by atoms with Crippen LogP contribution >= 0.6 is 0 Å². The third-order valence-electron chi connectivity index (χ3n) is 3.87. The number of aromatic nitrogens is 5. The second kappa shape index (κ2) is 7.04. The van der Waals surface area contributed by atoms with Crippen molar-refractivity contribution < 1.29 is 4.79 Å². The van der Waals surface area contributed by atoms with E-state index in [0.717, 1.165) is 24.0 Å². The molecular weight excluding hydrogens is 292 g/mol. The number of amides is 1. The molecule has 0 saturated heterocycles. The van der Waals surface area contributed by atoms with E-state index in [1.807, 2.05) is 37.6 Å². The van der Waals surface area contributed by atoms with Crippen LogP contribution in [0.4, 0.5) is 0 Å². The van der Waals surface area contributed by atoms with Crippen LogP contribution in [0.15, 0.2) is 43.2 Å². The molecule has 0 saturated carbocycles. The van der Waals surface area contributed by atoms with E-state index in [-0.39, 0.29) is 5.91 Å². The van der Waals surface area contributed by atoms with E-state index in [1.54, 1.807) is 15.9 Å². The summed E-state index contributed by atoms with van der Waals surface area (Å²) in [5.74, 6) is 0.148. The maximum atomic E-state index is 12.2. The molecule has 1 aromatic carbocycles. The molecule has 0 aliphatic rings. The Labute approximate surface area is 134 Å². The van der Waals surface area contributed by atoms with Crippen LogP contribution < -0.4 is 0 Å². The van der Waals surface area contributed by atoms with Crippen molar-refractivity contribution >= 4 is 16.9 Å². The van der Waals surface area contributed by atoms with Gasteiger partial charge >= 0.3 is 0 Å². The summed E-state index contributed by atoms with van der Waals surface area (Å²) in [5, 5.41) is 4.03. The van der Waals surface area contributed by atoms with E-state index in [4.69, 9.17) is 0 Å². The Morgan fingerprint density at radius 1 is 1.22 bits per heavy atom. The zero-order valence-corrected chi connectivity index (χ0v) is 13.2. The number of fused-ring (bicyclic) bond motifs is 1. The van der Waals surface area contributed by atoms with Crippen LogP contribution in [-0.4, -0.2) is 48.7 Å². The summed E-state index contributed by atoms with van der Waals surface area (Å²) in [6, 6.07) is 8.01. The van der Waals surface area contributed by atoms with Gasteiger partial charge in [0, 0.05) is 33.1 Å². The molecule has 0 N–H and O–H groups in total. The van der Waals surface area contributed by atoms with E-state index >= 15 is 0 Å². The summed E-state index contributed by atoms with van der Waals surface area (Å²) in [4.78, 5) is 22.2. The fourth-order valence-corrected chi connectivity index (χ4v) is 2.50. The van der Waals surface area contributed by atoms with Gasteiger partial charge in [-0.1, -0.05) is 12.1 Å². The Balaban J connectivity index is 1.46. The molecule has 120 valence electrons. The molecule has 0 aliphatic heterocycles. The van der Waals surface area contributed by atoms with Crippen LogP contribution in [0.1, 0.15) is 12.8 Å². The van der Waals surface area contributed by atoms with E-state index in [0.29, 0.717) is 19.5 Å². The largest absolute Gasteiger partial charge is 0.344 e. The summed E-state index contributed by atoms with van der Waals surface area (Å²) in [7, 11) is 1.84. The zero-order chi connectivity index (χ0) is 16.1. The van der Waals surface area contributed by atoms with Crippen LogP contribution in [0.25, 0.3) is 11.0 Å². The molecule has 0 aliphatic carbocycles. The molecule has 0 radical (unpaired) electrons. The van der Waals surface area contributed by atoms with E-state index < -0.39 is 0 Å². The Hall–Kier alpha value is -2.70. The normalized spacial score (nSPS) is 11.0. The minimum Gasteiger partial charge on any atom is -0.344 e. The average Bonchev–Trinajstić information content (AvgIpc) is 3.22. The first kappa shape index (κ1) is 15.2. The highest BCUT2D eigenvalue weighted by atomic mass is 16.2. The predicted molar refractivity (Wildman–Crippen MR) is 86.6 cm³/mol. The quantitative estimate of drug-likeness (QED) is 0.664. The van der Waals surface area contributed by atoms with Gasteiger partial charge in [-0.3, -0.25) is 9.48 Å². The summed E-state index contributed by atoms with van der Waals surface area (Å²) in [6.45, 7) is 2.13. The molecule has 1 amide bonds. The van der Waals surface area contributed by atoms with Crippen molar-refractivity contribution in [2.75, 3.05) is 13.6 Å². The van der Waals surface area contributed by atoms with Crippen LogP contribution in [0.2, 0.25) is 0 Å². The number of aryl methyl sites for hydroxylation is 1. The minimum absolute atomic E-state index is 0.148. The van der Waals surface area contributed by atoms with Crippen molar-refractivity contribution in [3.63, 3.8) is 0 Å². The Morgan fingerprint density at radius 2 is 2.09 bits per heavy atom. The van der Waals surface area contributed by atoms with Crippen molar-refractivity contribution in [3.05, 3.63) is 43.2 Å². The number of para-hydroxylation sites is 2. The molecule has 3 aromatic rings. The van der Waals surface area contributed by atoms with Gasteiger partial charge in [0.05, 0.1) is 17.4 Å². The van der Waals surface area contributed by atoms with Crippen molar-refractivity contribution in [1.82, 2.24) is 29.2 Å². The third kappa shape index (κ3) is 3.74. The number of carbonyl (C=O) groups is 1. The van der Waals surface area contributed by atoms with Crippen molar-refractivity contribution in [1.29, 1.82) is 0 Å². The molecule has 0 unspecified atom stereocenters. The van der Waals surface area contributed by atoms with Gasteiger partial charge in [0.25, 0.3) is 0 Å². The summed E-state index contributed by atoms with van der Waals surface area (Å²) in [6.07, 6.45) is 6.27. The molecule has 7 heteroatoms. The highest BCUT2D eigenvalue weighted by Crippen LogP contribution is 2.11. The highest BCUT2D eigenvalue weighted by Gasteiger charge is 2.09. The Kier molecular flexibility index (Phi) is 4.65. The molecule has 0 spiro atoms. The first-order valence-electron chi connectivity index (χ1n) is 7.70. The summed E-state index contributed by atoms with van der Waals surface area (Å²) in [5.41, 5.74) is 2.08. The molecule has 0 atom stereocenters. The molecular formula is C16H20N6O. The van der Waals surface area contributed by atoms with Gasteiger partial charge in [0.2, 0.25) is 5.91 Å². The highest BCUT2D eigenvalue weighted by molar-refractivity contribution is 5.76. The number of rotatable bonds is 7. The molecule has 3 rings (SSSR count). The monoisotopic (exact) mass is 312 g/mol. The maximum absolute atomic E-state index is 12.2. The predicted octanol–water partition coefficient (Wildman–Crippen LogP) is 1.57. The Morgan fingerprint density at radius 3 is 2.91 bits per heavy atom. The maximum Gasteiger partial charge on any atom is 0.222 e. The van der Waals surface area contributed by atoms with Crippen LogP contribution in [-0.2, 0) is 17.9 Å². The summed E-state index contributed by atoms with van der Waals surface area (Å²) < 4.78 is 3.82. The second-order valence-corrected chi connectivity index (χ2v) is 5.50. The van der Waals surface area contributed by atoms with Gasteiger partial charge in [0.15, 0.2) is 0 Å². The van der Waals surface area contributed by atoms with Crippen molar-refractivity contribution in [2.45, 2.75) is 25.9 Å². The van der Waals surface area contributed by atoms with Crippen LogP contribution in [0.5, 0.6) is 0 Å². The minimum atomic E-state index is 0.148.